The normalized spacial score (nSPS) is 26.4. The van der Waals surface area contributed by atoms with Gasteiger partial charge in [-0.15, -0.1) is 0 Å². The average molecular weight is 1330 g/mol. The molecule has 3 saturated heterocycles. The number of rotatable bonds is 25. The van der Waals surface area contributed by atoms with Crippen LogP contribution < -0.4 is 0 Å². The number of carbonyl (C=O) groups excluding carboxylic acids is 12. The van der Waals surface area contributed by atoms with Gasteiger partial charge in [-0.2, -0.15) is 5.10 Å². The van der Waals surface area contributed by atoms with Crippen LogP contribution in [0.25, 0.3) is 27.9 Å². The summed E-state index contributed by atoms with van der Waals surface area (Å²) in [4.78, 5) is 165. The zero-order valence-electron chi connectivity index (χ0n) is 52.9. The van der Waals surface area contributed by atoms with Crippen LogP contribution in [0.3, 0.4) is 0 Å². The molecule has 0 bridgehead atoms. The van der Waals surface area contributed by atoms with Crippen LogP contribution in [0.5, 0.6) is 0 Å². The third-order valence-corrected chi connectivity index (χ3v) is 13.7. The van der Waals surface area contributed by atoms with Crippen molar-refractivity contribution in [3.8, 4) is 5.69 Å². The van der Waals surface area contributed by atoms with Gasteiger partial charge in [0, 0.05) is 83.1 Å². The molecular formula is C60H70N4O30. The monoisotopic (exact) mass is 1330 g/mol. The van der Waals surface area contributed by atoms with Crippen molar-refractivity contribution in [2.24, 2.45) is 0 Å². The van der Waals surface area contributed by atoms with E-state index in [1.54, 1.807) is 54.6 Å². The number of ether oxygens (including phenoxy) is 18. The van der Waals surface area contributed by atoms with E-state index in [1.807, 2.05) is 0 Å². The number of benzene rings is 2. The van der Waals surface area contributed by atoms with Gasteiger partial charge in [-0.05, 0) is 24.3 Å². The van der Waals surface area contributed by atoms with Crippen molar-refractivity contribution in [3.05, 3.63) is 60.3 Å². The van der Waals surface area contributed by atoms with Crippen LogP contribution >= 0.6 is 0 Å². The first-order valence-electron chi connectivity index (χ1n) is 29.0. The minimum absolute atomic E-state index is 0.0817. The highest BCUT2D eigenvalue weighted by atomic mass is 16.8. The fourth-order valence-corrected chi connectivity index (χ4v) is 10.4. The maximum Gasteiger partial charge on any atom is 0.303 e. The zero-order chi connectivity index (χ0) is 68.8. The molecule has 3 aliphatic heterocycles. The highest BCUT2D eigenvalue weighted by Gasteiger charge is 2.60. The Morgan fingerprint density at radius 3 is 1.18 bits per heavy atom. The van der Waals surface area contributed by atoms with Crippen molar-refractivity contribution in [2.45, 2.75) is 187 Å². The molecule has 2 aromatic carbocycles. The lowest BCUT2D eigenvalue weighted by molar-refractivity contribution is -0.380. The van der Waals surface area contributed by atoms with Gasteiger partial charge < -0.3 is 85.3 Å². The van der Waals surface area contributed by atoms with Crippen molar-refractivity contribution in [3.63, 3.8) is 0 Å². The summed E-state index contributed by atoms with van der Waals surface area (Å²) in [7, 11) is 0. The van der Waals surface area contributed by atoms with Crippen molar-refractivity contribution >= 4 is 93.8 Å². The van der Waals surface area contributed by atoms with Gasteiger partial charge in [-0.1, -0.05) is 30.3 Å². The Balaban J connectivity index is 1.32. The molecule has 3 fully saturated rings. The van der Waals surface area contributed by atoms with Crippen LogP contribution in [0, 0.1) is 0 Å². The van der Waals surface area contributed by atoms with E-state index in [2.05, 4.69) is 0 Å². The quantitative estimate of drug-likeness (QED) is 0.0672. The first-order chi connectivity index (χ1) is 44.5. The molecule has 2 aromatic heterocycles. The standard InChI is InChI=1S/C60H70N4O30/c1-26(65)77-22-42-48(83-31(6)70)51(84-32(7)71)55(88-36(11)75)59(91-42)94-50-44(24-79-28(3)67)92-60(56(89-37(12)76)53(50)86-34(9)73)93-49-43(23-78-27(2)66)90-58(54(87-35(10)74)52(49)85-33(8)72)80-25-41(81-29(4)68)47(82-30(5)69)45-46-57(62-40-21-17-16-20-39(40)61-46)64(63-45)38-18-14-13-15-19-38/h13-21,41-44,47-56,58-60H,22-25H2,1-12H3/t41?,42?,43-,44?,47?,48?,49-,50?,51?,52+,53?,54+,55?,56?,58-,59?,60?/m0/s1. The van der Waals surface area contributed by atoms with Crippen LogP contribution in [0.1, 0.15) is 94.9 Å². The van der Waals surface area contributed by atoms with Crippen molar-refractivity contribution in [1.82, 2.24) is 19.7 Å². The van der Waals surface area contributed by atoms with Gasteiger partial charge in [0.15, 0.2) is 79.5 Å². The molecule has 0 spiro atoms. The fraction of sp³-hybridized carbons (Fsp3) is 0.550. The minimum atomic E-state index is -2.17. The molecule has 7 rings (SSSR count). The predicted octanol–water partition coefficient (Wildman–Crippen LogP) is 1.68. The molecule has 34 nitrogen and oxygen atoms in total. The Morgan fingerprint density at radius 2 is 0.766 bits per heavy atom. The Labute approximate surface area is 534 Å². The molecule has 0 amide bonds. The molecule has 0 radical (unpaired) electrons. The topological polar surface area (TPSA) is 415 Å². The van der Waals surface area contributed by atoms with Crippen LogP contribution in [0.2, 0.25) is 0 Å². The maximum atomic E-state index is 13.4. The highest BCUT2D eigenvalue weighted by molar-refractivity contribution is 5.87. The highest BCUT2D eigenvalue weighted by Crippen LogP contribution is 2.40. The van der Waals surface area contributed by atoms with E-state index < -0.39 is 202 Å². The second-order valence-corrected chi connectivity index (χ2v) is 21.3. The summed E-state index contributed by atoms with van der Waals surface area (Å²) in [6, 6.07) is 15.5. The van der Waals surface area contributed by atoms with Gasteiger partial charge in [-0.25, -0.2) is 14.6 Å². The van der Waals surface area contributed by atoms with Gasteiger partial charge in [-0.3, -0.25) is 57.5 Å². The first kappa shape index (κ1) is 72.1. The predicted molar refractivity (Wildman–Crippen MR) is 305 cm³/mol. The van der Waals surface area contributed by atoms with Gasteiger partial charge in [0.1, 0.15) is 61.6 Å². The Kier molecular flexibility index (Phi) is 24.9. The maximum absolute atomic E-state index is 13.4. The number of fused-ring (bicyclic) bond motifs is 2. The van der Waals surface area contributed by atoms with Crippen LogP contribution in [0.15, 0.2) is 54.6 Å². The van der Waals surface area contributed by atoms with E-state index in [0.29, 0.717) is 16.7 Å². The Hall–Kier alpha value is -9.35. The number of para-hydroxylation sites is 3. The van der Waals surface area contributed by atoms with Gasteiger partial charge in [0.05, 0.1) is 23.3 Å². The third-order valence-electron chi connectivity index (χ3n) is 13.7. The van der Waals surface area contributed by atoms with E-state index in [9.17, 15) is 57.5 Å². The molecule has 12 unspecified atom stereocenters. The molecule has 34 heteroatoms. The van der Waals surface area contributed by atoms with E-state index in [-0.39, 0.29) is 16.9 Å². The summed E-state index contributed by atoms with van der Waals surface area (Å²) in [6.07, 6.45) is -32.3. The van der Waals surface area contributed by atoms with Crippen LogP contribution in [-0.4, -0.2) is 216 Å². The molecule has 94 heavy (non-hydrogen) atoms. The molecule has 5 heterocycles. The summed E-state index contributed by atoms with van der Waals surface area (Å²) >= 11 is 0. The smallest absolute Gasteiger partial charge is 0.303 e. The molecule has 4 aromatic rings. The van der Waals surface area contributed by atoms with E-state index in [0.717, 1.165) is 83.1 Å². The molecule has 0 aliphatic carbocycles. The zero-order valence-corrected chi connectivity index (χ0v) is 52.9. The summed E-state index contributed by atoms with van der Waals surface area (Å²) in [5.41, 5.74) is 1.55. The minimum Gasteiger partial charge on any atom is -0.463 e. The average Bonchev–Trinajstić information content (AvgIpc) is 1.38. The van der Waals surface area contributed by atoms with Gasteiger partial charge >= 0.3 is 71.6 Å². The molecule has 510 valence electrons. The van der Waals surface area contributed by atoms with E-state index in [4.69, 9.17) is 100 Å². The largest absolute Gasteiger partial charge is 0.463 e. The second kappa shape index (κ2) is 32.5. The summed E-state index contributed by atoms with van der Waals surface area (Å²) < 4.78 is 108. The first-order valence-corrected chi connectivity index (χ1v) is 29.0. The summed E-state index contributed by atoms with van der Waals surface area (Å²) in [6.45, 7) is 8.49. The number of carbonyl (C=O) groups is 12. The van der Waals surface area contributed by atoms with E-state index >= 15 is 0 Å². The van der Waals surface area contributed by atoms with E-state index in [1.165, 1.54) is 4.68 Å². The molecule has 17 atom stereocenters. The molecular weight excluding hydrogens is 1260 g/mol. The van der Waals surface area contributed by atoms with Crippen molar-refractivity contribution in [2.75, 3.05) is 26.4 Å². The van der Waals surface area contributed by atoms with Crippen molar-refractivity contribution < 1.29 is 143 Å². The molecule has 0 N–H and O–H groups in total. The second-order valence-electron chi connectivity index (χ2n) is 21.3. The lowest BCUT2D eigenvalue weighted by Gasteiger charge is -2.50. The number of nitrogens with zero attached hydrogens (tertiary/aromatic N) is 4. The van der Waals surface area contributed by atoms with Crippen LogP contribution in [0.4, 0.5) is 0 Å². The number of hydrogen-bond acceptors (Lipinski definition) is 33. The SMILES string of the molecule is CC(=O)OCC1OC(OC2C(COC(C)=O)OC(O[C@@H]3[C@@H](OC(C)=O)[C@@H](OC(C)=O)[C@@H](OCC(OC(C)=O)C(OC(C)=O)c4nn(-c5ccccc5)c5nc6ccccc6nc45)O[C@H]3COC(C)=O)C(OC(C)=O)C2OC(C)=O)C(OC(C)=O)C(OC(C)=O)C1OC(C)=O. The molecule has 3 aliphatic rings. The number of hydrogen-bond donors (Lipinski definition) is 0. The number of aromatic nitrogens is 4. The van der Waals surface area contributed by atoms with Crippen molar-refractivity contribution in [1.29, 1.82) is 0 Å². The third kappa shape index (κ3) is 19.1. The summed E-state index contributed by atoms with van der Waals surface area (Å²) in [5.74, 6) is -12.0. The Bertz CT molecular complexity index is 3450. The lowest BCUT2D eigenvalue weighted by atomic mass is 9.95. The van der Waals surface area contributed by atoms with Gasteiger partial charge in [0.2, 0.25) is 0 Å². The van der Waals surface area contributed by atoms with Crippen LogP contribution in [-0.2, 0) is 143 Å². The van der Waals surface area contributed by atoms with Gasteiger partial charge in [0.25, 0.3) is 0 Å². The number of esters is 12. The summed E-state index contributed by atoms with van der Waals surface area (Å²) in [5, 5.41) is 4.80. The Morgan fingerprint density at radius 1 is 0.404 bits per heavy atom. The lowest BCUT2D eigenvalue weighted by Crippen LogP contribution is -2.69. The fourth-order valence-electron chi connectivity index (χ4n) is 10.4. The molecule has 0 saturated carbocycles.